The summed E-state index contributed by atoms with van der Waals surface area (Å²) in [5.74, 6) is 0.902. The predicted molar refractivity (Wildman–Crippen MR) is 81.2 cm³/mol. The quantitative estimate of drug-likeness (QED) is 0.784. The highest BCUT2D eigenvalue weighted by molar-refractivity contribution is 7.99. The molecule has 116 valence electrons. The van der Waals surface area contributed by atoms with Gasteiger partial charge in [-0.3, -0.25) is 4.79 Å². The van der Waals surface area contributed by atoms with Crippen LogP contribution in [0.3, 0.4) is 0 Å². The van der Waals surface area contributed by atoms with Crippen molar-refractivity contribution in [3.05, 3.63) is 30.1 Å². The number of hydrogen-bond acceptors (Lipinski definition) is 4. The average Bonchev–Trinajstić information content (AvgIpc) is 2.52. The Bertz CT molecular complexity index is 435. The van der Waals surface area contributed by atoms with Crippen LogP contribution in [0.15, 0.2) is 24.3 Å². The zero-order valence-electron chi connectivity index (χ0n) is 11.8. The molecule has 0 bridgehead atoms. The fourth-order valence-corrected chi connectivity index (χ4v) is 3.07. The van der Waals surface area contributed by atoms with Crippen molar-refractivity contribution in [2.24, 2.45) is 0 Å². The van der Waals surface area contributed by atoms with Gasteiger partial charge in [0.1, 0.15) is 11.6 Å². The number of halogens is 1. The number of nitrogens with one attached hydrogen (secondary N) is 1. The first-order valence-electron chi connectivity index (χ1n) is 7.08. The van der Waals surface area contributed by atoms with Crippen LogP contribution in [0.25, 0.3) is 0 Å². The summed E-state index contributed by atoms with van der Waals surface area (Å²) < 4.78 is 23.3. The fourth-order valence-electron chi connectivity index (χ4n) is 1.99. The van der Waals surface area contributed by atoms with Gasteiger partial charge in [0.05, 0.1) is 0 Å². The zero-order valence-corrected chi connectivity index (χ0v) is 12.7. The first-order chi connectivity index (χ1) is 10.2. The lowest BCUT2D eigenvalue weighted by atomic mass is 10.2. The molecule has 21 heavy (non-hydrogen) atoms. The first-order valence-corrected chi connectivity index (χ1v) is 8.13. The van der Waals surface area contributed by atoms with Crippen molar-refractivity contribution in [2.75, 3.05) is 32.1 Å². The van der Waals surface area contributed by atoms with Gasteiger partial charge in [0.2, 0.25) is 0 Å². The molecule has 0 saturated carbocycles. The molecule has 1 aliphatic heterocycles. The topological polar surface area (TPSA) is 47.6 Å². The van der Waals surface area contributed by atoms with Gasteiger partial charge in [0.25, 0.3) is 5.91 Å². The second-order valence-electron chi connectivity index (χ2n) is 4.78. The molecule has 1 heterocycles. The highest BCUT2D eigenvalue weighted by atomic mass is 32.2. The molecule has 1 aliphatic rings. The van der Waals surface area contributed by atoms with Gasteiger partial charge in [-0.1, -0.05) is 0 Å². The molecule has 6 heteroatoms. The molecule has 1 N–H and O–H groups in total. The van der Waals surface area contributed by atoms with E-state index in [9.17, 15) is 9.18 Å². The maximum absolute atomic E-state index is 12.7. The number of amides is 1. The van der Waals surface area contributed by atoms with E-state index in [4.69, 9.17) is 9.47 Å². The molecule has 2 rings (SSSR count). The number of ether oxygens (including phenoxy) is 2. The van der Waals surface area contributed by atoms with E-state index in [0.717, 1.165) is 31.8 Å². The van der Waals surface area contributed by atoms with E-state index in [1.165, 1.54) is 24.3 Å². The molecular formula is C15H20FNO3S. The van der Waals surface area contributed by atoms with Crippen LogP contribution in [-0.4, -0.2) is 43.3 Å². The minimum absolute atomic E-state index is 0.0480. The van der Waals surface area contributed by atoms with E-state index in [2.05, 4.69) is 5.32 Å². The Balaban J connectivity index is 1.54. The van der Waals surface area contributed by atoms with Crippen LogP contribution >= 0.6 is 11.8 Å². The third kappa shape index (κ3) is 6.35. The second kappa shape index (κ2) is 8.89. The average molecular weight is 313 g/mol. The summed E-state index contributed by atoms with van der Waals surface area (Å²) in [6.07, 6.45) is 2.18. The van der Waals surface area contributed by atoms with Gasteiger partial charge < -0.3 is 14.8 Å². The Morgan fingerprint density at radius 2 is 2.05 bits per heavy atom. The molecule has 0 atom stereocenters. The Morgan fingerprint density at radius 1 is 1.33 bits per heavy atom. The third-order valence-electron chi connectivity index (χ3n) is 3.13. The lowest BCUT2D eigenvalue weighted by Crippen LogP contribution is -2.31. The second-order valence-corrected chi connectivity index (χ2v) is 6.18. The van der Waals surface area contributed by atoms with Gasteiger partial charge in [-0.2, -0.15) is 11.8 Å². The molecule has 0 aliphatic carbocycles. The molecule has 0 unspecified atom stereocenters. The summed E-state index contributed by atoms with van der Waals surface area (Å²) in [4.78, 5) is 11.6. The van der Waals surface area contributed by atoms with Crippen LogP contribution in [0.2, 0.25) is 0 Å². The van der Waals surface area contributed by atoms with Crippen molar-refractivity contribution < 1.29 is 18.7 Å². The summed E-state index contributed by atoms with van der Waals surface area (Å²) in [6.45, 7) is 2.27. The minimum Gasteiger partial charge on any atom is -0.484 e. The molecule has 1 fully saturated rings. The van der Waals surface area contributed by atoms with Crippen LogP contribution in [0.4, 0.5) is 4.39 Å². The van der Waals surface area contributed by atoms with E-state index in [0.29, 0.717) is 17.5 Å². The molecule has 0 radical (unpaired) electrons. The Morgan fingerprint density at radius 3 is 2.76 bits per heavy atom. The van der Waals surface area contributed by atoms with E-state index < -0.39 is 0 Å². The van der Waals surface area contributed by atoms with E-state index in [1.807, 2.05) is 11.8 Å². The van der Waals surface area contributed by atoms with Crippen molar-refractivity contribution in [2.45, 2.75) is 18.1 Å². The smallest absolute Gasteiger partial charge is 0.257 e. The maximum Gasteiger partial charge on any atom is 0.257 e. The SMILES string of the molecule is O=C(COc1ccc(F)cc1)NCCSC1CCOCC1. The molecule has 0 spiro atoms. The maximum atomic E-state index is 12.7. The van der Waals surface area contributed by atoms with Crippen LogP contribution in [-0.2, 0) is 9.53 Å². The Labute approximate surface area is 128 Å². The van der Waals surface area contributed by atoms with E-state index in [1.54, 1.807) is 0 Å². The van der Waals surface area contributed by atoms with Gasteiger partial charge in [-0.05, 0) is 37.1 Å². The molecular weight excluding hydrogens is 293 g/mol. The van der Waals surface area contributed by atoms with Crippen LogP contribution in [0, 0.1) is 5.82 Å². The van der Waals surface area contributed by atoms with Crippen LogP contribution in [0.1, 0.15) is 12.8 Å². The number of thioether (sulfide) groups is 1. The standard InChI is InChI=1S/C15H20FNO3S/c16-12-1-3-13(4-2-12)20-11-15(18)17-7-10-21-14-5-8-19-9-6-14/h1-4,14H,5-11H2,(H,17,18). The predicted octanol–water partition coefficient (Wildman–Crippen LogP) is 2.23. The summed E-state index contributed by atoms with van der Waals surface area (Å²) >= 11 is 1.88. The van der Waals surface area contributed by atoms with Crippen molar-refractivity contribution in [1.29, 1.82) is 0 Å². The van der Waals surface area contributed by atoms with Crippen molar-refractivity contribution in [3.8, 4) is 5.75 Å². The molecule has 1 amide bonds. The number of carbonyl (C=O) groups excluding carboxylic acids is 1. The number of benzene rings is 1. The lowest BCUT2D eigenvalue weighted by molar-refractivity contribution is -0.122. The summed E-state index contributed by atoms with van der Waals surface area (Å²) in [7, 11) is 0. The number of hydrogen-bond donors (Lipinski definition) is 1. The Kier molecular flexibility index (Phi) is 6.82. The van der Waals surface area contributed by atoms with Crippen molar-refractivity contribution in [1.82, 2.24) is 5.32 Å². The zero-order chi connectivity index (χ0) is 14.9. The molecule has 1 aromatic carbocycles. The summed E-state index contributed by atoms with van der Waals surface area (Å²) in [5, 5.41) is 3.46. The molecule has 1 aromatic rings. The van der Waals surface area contributed by atoms with Gasteiger partial charge in [-0.15, -0.1) is 0 Å². The lowest BCUT2D eigenvalue weighted by Gasteiger charge is -2.21. The normalized spacial score (nSPS) is 15.7. The van der Waals surface area contributed by atoms with Gasteiger partial charge in [0, 0.05) is 30.8 Å². The van der Waals surface area contributed by atoms with Gasteiger partial charge >= 0.3 is 0 Å². The number of rotatable bonds is 7. The minimum atomic E-state index is -0.322. The molecule has 1 saturated heterocycles. The third-order valence-corrected chi connectivity index (χ3v) is 4.51. The molecule has 0 aromatic heterocycles. The highest BCUT2D eigenvalue weighted by Crippen LogP contribution is 2.21. The summed E-state index contributed by atoms with van der Waals surface area (Å²) in [6, 6.07) is 5.61. The van der Waals surface area contributed by atoms with Gasteiger partial charge in [0.15, 0.2) is 6.61 Å². The first kappa shape index (κ1) is 16.1. The van der Waals surface area contributed by atoms with Crippen LogP contribution < -0.4 is 10.1 Å². The monoisotopic (exact) mass is 313 g/mol. The fraction of sp³-hybridized carbons (Fsp3) is 0.533. The summed E-state index contributed by atoms with van der Waals surface area (Å²) in [5.41, 5.74) is 0. The van der Waals surface area contributed by atoms with E-state index >= 15 is 0 Å². The van der Waals surface area contributed by atoms with Crippen LogP contribution in [0.5, 0.6) is 5.75 Å². The Hall–Kier alpha value is -1.27. The molecule has 4 nitrogen and oxygen atoms in total. The van der Waals surface area contributed by atoms with E-state index in [-0.39, 0.29) is 18.3 Å². The van der Waals surface area contributed by atoms with Crippen molar-refractivity contribution >= 4 is 17.7 Å². The highest BCUT2D eigenvalue weighted by Gasteiger charge is 2.13. The van der Waals surface area contributed by atoms with Crippen molar-refractivity contribution in [3.63, 3.8) is 0 Å². The largest absolute Gasteiger partial charge is 0.484 e. The van der Waals surface area contributed by atoms with Gasteiger partial charge in [-0.25, -0.2) is 4.39 Å². The number of carbonyl (C=O) groups is 1.